The highest BCUT2D eigenvalue weighted by Crippen LogP contribution is 2.30. The molecule has 0 bridgehead atoms. The fourth-order valence-electron chi connectivity index (χ4n) is 3.59. The Morgan fingerprint density at radius 1 is 1.11 bits per heavy atom. The Morgan fingerprint density at radius 3 is 2.46 bits per heavy atom. The van der Waals surface area contributed by atoms with Crippen molar-refractivity contribution < 1.29 is 38.0 Å². The van der Waals surface area contributed by atoms with Crippen molar-refractivity contribution in [3.8, 4) is 22.6 Å². The third kappa shape index (κ3) is 7.99. The van der Waals surface area contributed by atoms with E-state index in [0.29, 0.717) is 24.1 Å². The van der Waals surface area contributed by atoms with Gasteiger partial charge in [-0.05, 0) is 52.9 Å². The van der Waals surface area contributed by atoms with Gasteiger partial charge in [-0.1, -0.05) is 36.4 Å². The van der Waals surface area contributed by atoms with E-state index in [-0.39, 0.29) is 36.8 Å². The monoisotopic (exact) mass is 532 g/mol. The Morgan fingerprint density at radius 2 is 1.81 bits per heavy atom. The van der Waals surface area contributed by atoms with Crippen LogP contribution >= 0.6 is 0 Å². The molecule has 37 heavy (non-hydrogen) atoms. The molecule has 2 atom stereocenters. The molecule has 9 nitrogen and oxygen atoms in total. The second kappa shape index (κ2) is 13.2. The maximum absolute atomic E-state index is 14.6. The molecule has 3 aromatic rings. The standard InChI is InChI=1S/C26H29FN2O7S/c1-29(37(34)35)22-15-20(7-9-23(22)30)24(31)16-28-12-13-36-25-10-8-19(14-21(25)27)18-5-2-17(3-6-18)4-11-26(32)33/h2-3,5-10,14-15,24,28,30-31H,4,11-13,16H2,1H3,(H,32,33)(H,34,35). The third-order valence-electron chi connectivity index (χ3n) is 5.68. The fraction of sp³-hybridized carbons (Fsp3) is 0.269. The zero-order valence-electron chi connectivity index (χ0n) is 20.1. The van der Waals surface area contributed by atoms with E-state index in [0.717, 1.165) is 15.4 Å². The van der Waals surface area contributed by atoms with Gasteiger partial charge in [0.2, 0.25) is 0 Å². The summed E-state index contributed by atoms with van der Waals surface area (Å²) in [4.78, 5) is 10.7. The highest BCUT2D eigenvalue weighted by Gasteiger charge is 2.15. The lowest BCUT2D eigenvalue weighted by molar-refractivity contribution is -0.136. The molecule has 198 valence electrons. The highest BCUT2D eigenvalue weighted by molar-refractivity contribution is 7.80. The van der Waals surface area contributed by atoms with Crippen molar-refractivity contribution in [1.82, 2.24) is 5.32 Å². The highest BCUT2D eigenvalue weighted by atomic mass is 32.2. The number of aliphatic carboxylic acids is 1. The second-order valence-electron chi connectivity index (χ2n) is 8.28. The first-order valence-corrected chi connectivity index (χ1v) is 12.5. The minimum absolute atomic E-state index is 0.0526. The number of benzene rings is 3. The lowest BCUT2D eigenvalue weighted by atomic mass is 10.0. The van der Waals surface area contributed by atoms with Gasteiger partial charge in [0.25, 0.3) is 11.3 Å². The molecule has 0 radical (unpaired) electrons. The Bertz CT molecular complexity index is 1240. The summed E-state index contributed by atoms with van der Waals surface area (Å²) in [5, 5.41) is 32.1. The maximum atomic E-state index is 14.6. The largest absolute Gasteiger partial charge is 0.506 e. The van der Waals surface area contributed by atoms with Crippen LogP contribution in [0.5, 0.6) is 11.5 Å². The minimum Gasteiger partial charge on any atom is -0.506 e. The predicted molar refractivity (Wildman–Crippen MR) is 138 cm³/mol. The number of aliphatic hydroxyl groups is 1. The van der Waals surface area contributed by atoms with Crippen LogP contribution in [-0.4, -0.2) is 56.8 Å². The number of phenols is 1. The van der Waals surface area contributed by atoms with Gasteiger partial charge in [0.05, 0.1) is 11.8 Å². The molecule has 0 aliphatic heterocycles. The Hall–Kier alpha value is -3.51. The smallest absolute Gasteiger partial charge is 0.303 e. The van der Waals surface area contributed by atoms with Crippen molar-refractivity contribution in [1.29, 1.82) is 0 Å². The number of rotatable bonds is 13. The molecule has 3 aromatic carbocycles. The molecule has 0 aromatic heterocycles. The van der Waals surface area contributed by atoms with Gasteiger partial charge in [-0.15, -0.1) is 0 Å². The molecule has 0 saturated carbocycles. The number of nitrogens with one attached hydrogen (secondary N) is 1. The number of phenolic OH excluding ortho intramolecular Hbond substituents is 1. The van der Waals surface area contributed by atoms with Gasteiger partial charge in [0.1, 0.15) is 12.4 Å². The van der Waals surface area contributed by atoms with Crippen molar-refractivity contribution in [3.05, 3.63) is 77.6 Å². The average Bonchev–Trinajstić information content (AvgIpc) is 2.88. The van der Waals surface area contributed by atoms with Crippen molar-refractivity contribution in [2.45, 2.75) is 18.9 Å². The summed E-state index contributed by atoms with van der Waals surface area (Å²) < 4.78 is 41.5. The van der Waals surface area contributed by atoms with Crippen LogP contribution in [0.2, 0.25) is 0 Å². The summed E-state index contributed by atoms with van der Waals surface area (Å²) in [5.41, 5.74) is 2.90. The van der Waals surface area contributed by atoms with Crippen LogP contribution in [0.25, 0.3) is 11.1 Å². The van der Waals surface area contributed by atoms with E-state index in [2.05, 4.69) is 5.32 Å². The summed E-state index contributed by atoms with van der Waals surface area (Å²) in [7, 11) is 1.34. The summed E-state index contributed by atoms with van der Waals surface area (Å²) in [6.07, 6.45) is -0.468. The number of ether oxygens (including phenoxy) is 1. The van der Waals surface area contributed by atoms with Crippen LogP contribution in [0, 0.1) is 5.82 Å². The van der Waals surface area contributed by atoms with Crippen LogP contribution in [-0.2, 0) is 22.5 Å². The number of aliphatic hydroxyl groups excluding tert-OH is 1. The number of aromatic hydroxyl groups is 1. The summed E-state index contributed by atoms with van der Waals surface area (Å²) in [6.45, 7) is 0.610. The normalized spacial score (nSPS) is 12.6. The van der Waals surface area contributed by atoms with Crippen molar-refractivity contribution in [2.75, 3.05) is 31.0 Å². The van der Waals surface area contributed by atoms with E-state index in [9.17, 15) is 28.2 Å². The molecule has 2 unspecified atom stereocenters. The van der Waals surface area contributed by atoms with E-state index in [1.165, 1.54) is 37.4 Å². The molecule has 3 rings (SSSR count). The number of carboxylic acids is 1. The Kier molecular flexibility index (Phi) is 9.98. The number of carboxylic acid groups (broad SMARTS) is 1. The first-order valence-electron chi connectivity index (χ1n) is 11.5. The van der Waals surface area contributed by atoms with Crippen LogP contribution in [0.1, 0.15) is 23.7 Å². The topological polar surface area (TPSA) is 140 Å². The number of nitrogens with zero attached hydrogens (tertiary/aromatic N) is 1. The number of anilines is 1. The van der Waals surface area contributed by atoms with Gasteiger partial charge >= 0.3 is 5.97 Å². The molecular formula is C26H29FN2O7S. The van der Waals surface area contributed by atoms with Gasteiger partial charge in [-0.3, -0.25) is 13.7 Å². The van der Waals surface area contributed by atoms with Crippen molar-refractivity contribution in [3.63, 3.8) is 0 Å². The van der Waals surface area contributed by atoms with Crippen molar-refractivity contribution in [2.24, 2.45) is 0 Å². The fourth-order valence-corrected chi connectivity index (χ4v) is 3.90. The van der Waals surface area contributed by atoms with E-state index in [1.807, 2.05) is 24.3 Å². The number of hydrogen-bond donors (Lipinski definition) is 5. The summed E-state index contributed by atoms with van der Waals surface area (Å²) in [6, 6.07) is 16.2. The Balaban J connectivity index is 1.48. The first kappa shape index (κ1) is 28.1. The van der Waals surface area contributed by atoms with E-state index >= 15 is 0 Å². The summed E-state index contributed by atoms with van der Waals surface area (Å²) in [5.74, 6) is -1.48. The maximum Gasteiger partial charge on any atom is 0.303 e. The van der Waals surface area contributed by atoms with Crippen LogP contribution in [0.4, 0.5) is 10.1 Å². The number of halogens is 1. The molecule has 0 heterocycles. The van der Waals surface area contributed by atoms with Crippen LogP contribution in [0.3, 0.4) is 0 Å². The Labute approximate surface area is 216 Å². The minimum atomic E-state index is -2.33. The van der Waals surface area contributed by atoms with Gasteiger partial charge in [-0.25, -0.2) is 8.60 Å². The molecule has 0 saturated heterocycles. The first-order chi connectivity index (χ1) is 17.7. The lowest BCUT2D eigenvalue weighted by Crippen LogP contribution is -2.26. The second-order valence-corrected chi connectivity index (χ2v) is 9.29. The quantitative estimate of drug-likeness (QED) is 0.167. The molecule has 0 aliphatic rings. The van der Waals surface area contributed by atoms with E-state index < -0.39 is 29.2 Å². The molecular weight excluding hydrogens is 503 g/mol. The SMILES string of the molecule is CN(c1cc(C(O)CNCCOc2ccc(-c3ccc(CCC(=O)O)cc3)cc2F)ccc1O)S(=O)O. The van der Waals surface area contributed by atoms with Crippen molar-refractivity contribution >= 4 is 22.9 Å². The van der Waals surface area contributed by atoms with Gasteiger partial charge in [0.15, 0.2) is 11.6 Å². The van der Waals surface area contributed by atoms with Gasteiger partial charge in [-0.2, -0.15) is 0 Å². The van der Waals surface area contributed by atoms with Crippen LogP contribution in [0.15, 0.2) is 60.7 Å². The average molecular weight is 533 g/mol. The lowest BCUT2D eigenvalue weighted by Gasteiger charge is -2.18. The van der Waals surface area contributed by atoms with E-state index in [1.54, 1.807) is 6.07 Å². The molecule has 11 heteroatoms. The third-order valence-corrected chi connectivity index (χ3v) is 6.34. The summed E-state index contributed by atoms with van der Waals surface area (Å²) >= 11 is -2.33. The van der Waals surface area contributed by atoms with E-state index in [4.69, 9.17) is 9.84 Å². The molecule has 5 N–H and O–H groups in total. The molecule has 0 aliphatic carbocycles. The molecule has 0 spiro atoms. The van der Waals surface area contributed by atoms with Gasteiger partial charge in [0, 0.05) is 26.6 Å². The molecule has 0 fully saturated rings. The molecule has 0 amide bonds. The van der Waals surface area contributed by atoms with Gasteiger partial charge < -0.3 is 25.4 Å². The zero-order valence-corrected chi connectivity index (χ0v) is 20.9. The number of carbonyl (C=O) groups is 1. The number of hydrogen-bond acceptors (Lipinski definition) is 6. The number of aryl methyl sites for hydroxylation is 1. The van der Waals surface area contributed by atoms with Crippen LogP contribution < -0.4 is 14.4 Å². The zero-order chi connectivity index (χ0) is 26.9. The predicted octanol–water partition coefficient (Wildman–Crippen LogP) is 3.49.